The van der Waals surface area contributed by atoms with Crippen molar-refractivity contribution in [3.05, 3.63) is 63.5 Å². The van der Waals surface area contributed by atoms with E-state index in [9.17, 15) is 35.9 Å². The summed E-state index contributed by atoms with van der Waals surface area (Å²) in [6.45, 7) is 7.54. The Morgan fingerprint density at radius 3 is 2.25 bits per heavy atom. The SMILES string of the molecule is C=c1ccc(C(=O)NCC(F)(F)F)c(CC)/c1=C/CN(C)CC(CC)CCC(=O)c1ccc(OC(F)(F)F)cc1. The van der Waals surface area contributed by atoms with Crippen LogP contribution >= 0.6 is 0 Å². The molecule has 5 nitrogen and oxygen atoms in total. The lowest BCUT2D eigenvalue weighted by Crippen LogP contribution is -2.37. The second kappa shape index (κ2) is 14.3. The third-order valence-electron chi connectivity index (χ3n) is 6.44. The van der Waals surface area contributed by atoms with Crippen LogP contribution in [0.3, 0.4) is 0 Å². The van der Waals surface area contributed by atoms with E-state index in [4.69, 9.17) is 0 Å². The number of amides is 1. The summed E-state index contributed by atoms with van der Waals surface area (Å²) < 4.78 is 78.5. The number of carbonyl (C=O) groups excluding carboxylic acids is 2. The van der Waals surface area contributed by atoms with Crippen LogP contribution in [-0.2, 0) is 6.42 Å². The van der Waals surface area contributed by atoms with E-state index in [2.05, 4.69) is 11.3 Å². The molecular weight excluding hydrogens is 538 g/mol. The molecular formula is C29H34F6N2O3. The van der Waals surface area contributed by atoms with Gasteiger partial charge in [0.05, 0.1) is 0 Å². The number of nitrogens with one attached hydrogen (secondary N) is 1. The van der Waals surface area contributed by atoms with Crippen LogP contribution < -0.4 is 20.5 Å². The Bertz CT molecular complexity index is 1260. The zero-order valence-corrected chi connectivity index (χ0v) is 22.7. The molecule has 0 aromatic heterocycles. The third-order valence-corrected chi connectivity index (χ3v) is 6.44. The van der Waals surface area contributed by atoms with E-state index in [1.165, 1.54) is 18.2 Å². The molecule has 1 N–H and O–H groups in total. The van der Waals surface area contributed by atoms with Crippen molar-refractivity contribution in [2.24, 2.45) is 5.92 Å². The number of ether oxygens (including phenoxy) is 1. The lowest BCUT2D eigenvalue weighted by molar-refractivity contribution is -0.274. The number of hydrogen-bond donors (Lipinski definition) is 1. The first-order valence-electron chi connectivity index (χ1n) is 12.9. The fourth-order valence-corrected chi connectivity index (χ4v) is 4.35. The molecule has 0 fully saturated rings. The van der Waals surface area contributed by atoms with E-state index in [-0.39, 0.29) is 23.7 Å². The Balaban J connectivity index is 2.03. The third kappa shape index (κ3) is 10.7. The van der Waals surface area contributed by atoms with Crippen molar-refractivity contribution in [3.8, 4) is 5.75 Å². The van der Waals surface area contributed by atoms with Gasteiger partial charge in [-0.15, -0.1) is 13.2 Å². The molecule has 0 aliphatic rings. The Labute approximate surface area is 229 Å². The summed E-state index contributed by atoms with van der Waals surface area (Å²) in [5.41, 5.74) is 1.10. The average Bonchev–Trinajstić information content (AvgIpc) is 2.87. The molecule has 0 spiro atoms. The van der Waals surface area contributed by atoms with E-state index in [0.29, 0.717) is 47.5 Å². The lowest BCUT2D eigenvalue weighted by atomic mass is 9.96. The minimum Gasteiger partial charge on any atom is -0.406 e. The molecule has 1 amide bonds. The molecule has 0 aliphatic heterocycles. The number of Topliss-reactive ketones (excluding diaryl/α,β-unsaturated/α-hetero) is 1. The van der Waals surface area contributed by atoms with E-state index in [0.717, 1.165) is 18.6 Å². The molecule has 11 heteroatoms. The van der Waals surface area contributed by atoms with Gasteiger partial charge in [0.2, 0.25) is 0 Å². The Morgan fingerprint density at radius 1 is 1.05 bits per heavy atom. The lowest BCUT2D eigenvalue weighted by Gasteiger charge is -2.22. The fraction of sp³-hybridized carbons (Fsp3) is 0.448. The summed E-state index contributed by atoms with van der Waals surface area (Å²) in [5.74, 6) is -1.20. The molecule has 1 unspecified atom stereocenters. The van der Waals surface area contributed by atoms with Crippen LogP contribution in [0.2, 0.25) is 0 Å². The van der Waals surface area contributed by atoms with Crippen LogP contribution in [0.25, 0.3) is 12.7 Å². The first kappa shape index (κ1) is 32.9. The van der Waals surface area contributed by atoms with Crippen LogP contribution in [0.4, 0.5) is 26.3 Å². The number of hydrogen-bond acceptors (Lipinski definition) is 4. The number of alkyl halides is 6. The monoisotopic (exact) mass is 572 g/mol. The first-order valence-corrected chi connectivity index (χ1v) is 12.9. The predicted molar refractivity (Wildman–Crippen MR) is 141 cm³/mol. The number of nitrogens with zero attached hydrogens (tertiary/aromatic N) is 1. The summed E-state index contributed by atoms with van der Waals surface area (Å²) in [6, 6.07) is 7.93. The largest absolute Gasteiger partial charge is 0.573 e. The minimum absolute atomic E-state index is 0.166. The van der Waals surface area contributed by atoms with Crippen molar-refractivity contribution in [2.45, 2.75) is 52.1 Å². The first-order chi connectivity index (χ1) is 18.6. The molecule has 2 aromatic rings. The topological polar surface area (TPSA) is 58.6 Å². The maximum Gasteiger partial charge on any atom is 0.573 e. The average molecular weight is 573 g/mol. The van der Waals surface area contributed by atoms with Crippen LogP contribution in [0.1, 0.15) is 59.4 Å². The van der Waals surface area contributed by atoms with Crippen LogP contribution in [-0.4, -0.2) is 55.8 Å². The maximum absolute atomic E-state index is 12.6. The maximum atomic E-state index is 12.6. The predicted octanol–water partition coefficient (Wildman–Crippen LogP) is 5.25. The molecule has 220 valence electrons. The van der Waals surface area contributed by atoms with Crippen molar-refractivity contribution in [2.75, 3.05) is 26.7 Å². The highest BCUT2D eigenvalue weighted by Crippen LogP contribution is 2.23. The second-order valence-corrected chi connectivity index (χ2v) is 9.55. The summed E-state index contributed by atoms with van der Waals surface area (Å²) in [5, 5.41) is 3.28. The van der Waals surface area contributed by atoms with Gasteiger partial charge in [-0.25, -0.2) is 0 Å². The molecule has 0 saturated heterocycles. The van der Waals surface area contributed by atoms with Crippen LogP contribution in [0.5, 0.6) is 5.75 Å². The summed E-state index contributed by atoms with van der Waals surface area (Å²) in [4.78, 5) is 27.0. The van der Waals surface area contributed by atoms with Gasteiger partial charge < -0.3 is 15.0 Å². The zero-order valence-electron chi connectivity index (χ0n) is 22.7. The van der Waals surface area contributed by atoms with Gasteiger partial charge in [0.1, 0.15) is 12.3 Å². The minimum atomic E-state index is -4.80. The van der Waals surface area contributed by atoms with E-state index in [1.54, 1.807) is 6.07 Å². The highest BCUT2D eigenvalue weighted by molar-refractivity contribution is 5.96. The van der Waals surface area contributed by atoms with Crippen LogP contribution in [0, 0.1) is 5.92 Å². The van der Waals surface area contributed by atoms with Gasteiger partial charge in [0, 0.05) is 30.6 Å². The summed E-state index contributed by atoms with van der Waals surface area (Å²) in [6.07, 6.45) is -5.39. The zero-order chi connectivity index (χ0) is 30.1. The fourth-order valence-electron chi connectivity index (χ4n) is 4.35. The molecule has 0 saturated carbocycles. The van der Waals surface area contributed by atoms with Gasteiger partial charge in [-0.2, -0.15) is 13.2 Å². The number of benzene rings is 2. The Morgan fingerprint density at radius 2 is 1.70 bits per heavy atom. The Hall–Kier alpha value is -3.34. The molecule has 2 rings (SSSR count). The van der Waals surface area contributed by atoms with Crippen molar-refractivity contribution < 1.29 is 40.7 Å². The van der Waals surface area contributed by atoms with Gasteiger partial charge in [0.25, 0.3) is 5.91 Å². The smallest absolute Gasteiger partial charge is 0.406 e. The van der Waals surface area contributed by atoms with Gasteiger partial charge in [-0.3, -0.25) is 9.59 Å². The van der Waals surface area contributed by atoms with E-state index in [1.807, 2.05) is 37.2 Å². The number of carbonyl (C=O) groups is 2. The normalized spacial score (nSPS) is 13.4. The molecule has 0 aliphatic carbocycles. The van der Waals surface area contributed by atoms with Crippen molar-refractivity contribution in [1.82, 2.24) is 10.2 Å². The molecule has 0 bridgehead atoms. The van der Waals surface area contributed by atoms with E-state index < -0.39 is 30.7 Å². The Kier molecular flexibility index (Phi) is 11.8. The number of halogens is 6. The molecule has 0 radical (unpaired) electrons. The summed E-state index contributed by atoms with van der Waals surface area (Å²) >= 11 is 0. The van der Waals surface area contributed by atoms with Crippen molar-refractivity contribution >= 4 is 24.3 Å². The quantitative estimate of drug-likeness (QED) is 0.263. The summed E-state index contributed by atoms with van der Waals surface area (Å²) in [7, 11) is 1.90. The number of ketones is 1. The molecule has 40 heavy (non-hydrogen) atoms. The highest BCUT2D eigenvalue weighted by Gasteiger charge is 2.31. The van der Waals surface area contributed by atoms with Gasteiger partial charge in [0.15, 0.2) is 5.78 Å². The molecule has 1 atom stereocenters. The molecule has 0 heterocycles. The second-order valence-electron chi connectivity index (χ2n) is 9.55. The van der Waals surface area contributed by atoms with E-state index >= 15 is 0 Å². The van der Waals surface area contributed by atoms with Crippen molar-refractivity contribution in [3.63, 3.8) is 0 Å². The van der Waals surface area contributed by atoms with Gasteiger partial charge >= 0.3 is 12.5 Å². The van der Waals surface area contributed by atoms with Crippen molar-refractivity contribution in [1.29, 1.82) is 0 Å². The van der Waals surface area contributed by atoms with Gasteiger partial charge in [-0.05, 0) is 72.1 Å². The van der Waals surface area contributed by atoms with Gasteiger partial charge in [-0.1, -0.05) is 39.0 Å². The number of rotatable bonds is 13. The molecule has 2 aromatic carbocycles. The standard InChI is InChI=1S/C29H34F6N2O3/c1-5-20(8-14-26(38)21-9-11-22(12-10-21)40-29(33,34)35)17-37(4)16-15-24-19(3)7-13-25(23(24)6-2)27(39)36-18-28(30,31)32/h7,9-13,15,20H,3,5-6,8,14,16-18H2,1-2,4H3,(H,36,39)/b24-15+. The highest BCUT2D eigenvalue weighted by atomic mass is 19.4. The van der Waals surface area contributed by atoms with Crippen LogP contribution in [0.15, 0.2) is 36.4 Å².